The number of alkyl halides is 3. The maximum Gasteiger partial charge on any atom is 0.389 e. The van der Waals surface area contributed by atoms with Crippen LogP contribution in [0, 0.1) is 23.2 Å². The Morgan fingerprint density at radius 3 is 1.86 bits per heavy atom. The third-order valence-corrected chi connectivity index (χ3v) is 10.9. The van der Waals surface area contributed by atoms with Gasteiger partial charge in [-0.05, 0) is 82.0 Å². The minimum Gasteiger partial charge on any atom is -0.389 e. The topological polar surface area (TPSA) is 103 Å². The third kappa shape index (κ3) is 19.3. The standard InChI is InChI=1S/C33H53F3N4O3.C5H11N.C4H8.C3H8/c1-8-27(32(6,7)9-2)38-22(5)39-28(23-14-12-10-11-13-15-23)31(43)40-19-24-18-25(24)29(40)20(3)37-26(30(42)21(4)41)16-17-33(34,35)36;1-4-6-5(2)3;1-3-4-2;1-3-2/h23-29,37-39H,3,5,8-19H2,1-2,4,6-7H3;6H,2,4H2,1,3H3;3H,1,4H2,2H3;3H2,1-2H3/t24-,25-,26?,27?,28?,29?;;;/m0.../s1. The summed E-state index contributed by atoms with van der Waals surface area (Å²) >= 11 is 0. The molecule has 324 valence electrons. The predicted octanol–water partition coefficient (Wildman–Crippen LogP) is 10.1. The van der Waals surface area contributed by atoms with Crippen LogP contribution in [-0.2, 0) is 14.4 Å². The highest BCUT2D eigenvalue weighted by molar-refractivity contribution is 6.38. The number of carbonyl (C=O) groups excluding carboxylic acids is 3. The molecular formula is C45H80F3N5O3. The third-order valence-electron chi connectivity index (χ3n) is 10.9. The van der Waals surface area contributed by atoms with Crippen molar-refractivity contribution < 1.29 is 27.6 Å². The molecule has 0 spiro atoms. The van der Waals surface area contributed by atoms with E-state index in [0.29, 0.717) is 18.1 Å². The Bertz CT molecular complexity index is 1240. The van der Waals surface area contributed by atoms with Crippen molar-refractivity contribution in [3.63, 3.8) is 0 Å². The van der Waals surface area contributed by atoms with E-state index in [9.17, 15) is 27.6 Å². The minimum atomic E-state index is -4.47. The minimum absolute atomic E-state index is 0.0336. The fraction of sp³-hybridized carbons (Fsp3) is 0.756. The van der Waals surface area contributed by atoms with Crippen molar-refractivity contribution in [2.75, 3.05) is 13.1 Å². The van der Waals surface area contributed by atoms with Crippen LogP contribution >= 0.6 is 0 Å². The monoisotopic (exact) mass is 796 g/mol. The van der Waals surface area contributed by atoms with E-state index in [4.69, 9.17) is 0 Å². The molecular weight excluding hydrogens is 716 g/mol. The van der Waals surface area contributed by atoms with Crippen molar-refractivity contribution in [2.24, 2.45) is 23.2 Å². The molecule has 4 unspecified atom stereocenters. The normalized spacial score (nSPS) is 20.5. The van der Waals surface area contributed by atoms with E-state index in [1.54, 1.807) is 4.90 Å². The molecule has 0 aromatic rings. The van der Waals surface area contributed by atoms with Crippen LogP contribution in [0.15, 0.2) is 49.6 Å². The van der Waals surface area contributed by atoms with Gasteiger partial charge < -0.3 is 26.2 Å². The summed E-state index contributed by atoms with van der Waals surface area (Å²) in [5.74, 6) is -0.631. The predicted molar refractivity (Wildman–Crippen MR) is 228 cm³/mol. The van der Waals surface area contributed by atoms with E-state index in [0.717, 1.165) is 83.4 Å². The molecule has 56 heavy (non-hydrogen) atoms. The van der Waals surface area contributed by atoms with Crippen LogP contribution in [-0.4, -0.2) is 65.8 Å². The summed E-state index contributed by atoms with van der Waals surface area (Å²) in [6.45, 7) is 37.1. The second-order valence-electron chi connectivity index (χ2n) is 16.4. The number of nitrogens with one attached hydrogen (secondary N) is 4. The molecule has 0 aromatic carbocycles. The number of amides is 1. The summed E-state index contributed by atoms with van der Waals surface area (Å²) in [5, 5.41) is 12.9. The highest BCUT2D eigenvalue weighted by atomic mass is 19.4. The maximum absolute atomic E-state index is 14.4. The number of piperidine rings is 1. The van der Waals surface area contributed by atoms with Gasteiger partial charge in [-0.2, -0.15) is 13.2 Å². The number of carbonyl (C=O) groups is 3. The van der Waals surface area contributed by atoms with Gasteiger partial charge in [-0.15, -0.1) is 6.58 Å². The van der Waals surface area contributed by atoms with Crippen molar-refractivity contribution in [1.82, 2.24) is 26.2 Å². The number of nitrogens with zero attached hydrogens (tertiary/aromatic N) is 1. The maximum atomic E-state index is 14.4. The number of hydrogen-bond acceptors (Lipinski definition) is 7. The van der Waals surface area contributed by atoms with E-state index in [1.165, 1.54) is 6.42 Å². The Morgan fingerprint density at radius 2 is 1.45 bits per heavy atom. The lowest BCUT2D eigenvalue weighted by atomic mass is 9.80. The average Bonchev–Trinajstić information content (AvgIpc) is 3.87. The van der Waals surface area contributed by atoms with Crippen LogP contribution in [0.25, 0.3) is 0 Å². The Labute approximate surface area is 339 Å². The number of likely N-dealkylation sites (tertiary alicyclic amines) is 1. The van der Waals surface area contributed by atoms with E-state index in [2.05, 4.69) is 103 Å². The Kier molecular flexibility index (Phi) is 25.1. The second-order valence-corrected chi connectivity index (χ2v) is 16.4. The number of fused-ring (bicyclic) bond motifs is 1. The first-order valence-electron chi connectivity index (χ1n) is 21.3. The quantitative estimate of drug-likeness (QED) is 0.0587. The summed E-state index contributed by atoms with van der Waals surface area (Å²) in [4.78, 5) is 40.6. The molecule has 2 saturated carbocycles. The molecule has 1 aliphatic heterocycles. The Morgan fingerprint density at radius 1 is 0.893 bits per heavy atom. The number of allylic oxidation sites excluding steroid dienone is 2. The van der Waals surface area contributed by atoms with Crippen LogP contribution < -0.4 is 21.3 Å². The highest BCUT2D eigenvalue weighted by Gasteiger charge is 2.56. The van der Waals surface area contributed by atoms with Gasteiger partial charge in [0.1, 0.15) is 6.04 Å². The lowest BCUT2D eigenvalue weighted by Gasteiger charge is -2.39. The molecule has 3 aliphatic rings. The van der Waals surface area contributed by atoms with Gasteiger partial charge in [0.2, 0.25) is 11.7 Å². The summed E-state index contributed by atoms with van der Waals surface area (Å²) < 4.78 is 39.1. The summed E-state index contributed by atoms with van der Waals surface area (Å²) in [6.07, 6.45) is 6.97. The fourth-order valence-electron chi connectivity index (χ4n) is 7.31. The van der Waals surface area contributed by atoms with Crippen molar-refractivity contribution in [1.29, 1.82) is 0 Å². The van der Waals surface area contributed by atoms with Crippen LogP contribution in [0.4, 0.5) is 13.2 Å². The second kappa shape index (κ2) is 26.6. The smallest absolute Gasteiger partial charge is 0.389 e. The van der Waals surface area contributed by atoms with Crippen LogP contribution in [0.5, 0.6) is 0 Å². The van der Waals surface area contributed by atoms with Gasteiger partial charge in [-0.3, -0.25) is 14.4 Å². The zero-order valence-electron chi connectivity index (χ0n) is 36.9. The van der Waals surface area contributed by atoms with Crippen LogP contribution in [0.3, 0.4) is 0 Å². The Hall–Kier alpha value is -3.24. The molecule has 8 nitrogen and oxygen atoms in total. The zero-order valence-corrected chi connectivity index (χ0v) is 36.9. The van der Waals surface area contributed by atoms with Gasteiger partial charge in [-0.1, -0.05) is 106 Å². The van der Waals surface area contributed by atoms with Gasteiger partial charge in [0.15, 0.2) is 5.78 Å². The first-order valence-corrected chi connectivity index (χ1v) is 21.3. The van der Waals surface area contributed by atoms with Crippen LogP contribution in [0.2, 0.25) is 0 Å². The first kappa shape index (κ1) is 52.8. The Balaban J connectivity index is 0.00000201. The molecule has 6 atom stereocenters. The fourth-order valence-corrected chi connectivity index (χ4v) is 7.31. The number of halogens is 3. The largest absolute Gasteiger partial charge is 0.389 e. The lowest BCUT2D eigenvalue weighted by Crippen LogP contribution is -2.56. The van der Waals surface area contributed by atoms with Gasteiger partial charge in [0.05, 0.1) is 17.9 Å². The molecule has 3 rings (SSSR count). The lowest BCUT2D eigenvalue weighted by molar-refractivity contribution is -0.142. The van der Waals surface area contributed by atoms with Crippen molar-refractivity contribution in [3.05, 3.63) is 49.6 Å². The van der Waals surface area contributed by atoms with Crippen LogP contribution in [0.1, 0.15) is 153 Å². The molecule has 1 amide bonds. The average molecular weight is 796 g/mol. The van der Waals surface area contributed by atoms with E-state index >= 15 is 0 Å². The number of rotatable bonds is 19. The summed E-state index contributed by atoms with van der Waals surface area (Å²) in [5.41, 5.74) is 1.40. The SMILES string of the molecule is C=C(C)NCC.C=C(NC(C(=O)N1C[C@@H]2C[C@@H]2C1C(=C)NC(CCC(F)(F)F)C(=O)C(C)=O)C1CCCCCC1)NC(CC)C(C)(C)CC.C=CCC.CCC. The summed E-state index contributed by atoms with van der Waals surface area (Å²) in [6, 6.07) is -2.13. The number of hydrogen-bond donors (Lipinski definition) is 4. The zero-order chi connectivity index (χ0) is 43.2. The van der Waals surface area contributed by atoms with E-state index < -0.39 is 48.7 Å². The molecule has 11 heteroatoms. The first-order chi connectivity index (χ1) is 26.2. The molecule has 2 aliphatic carbocycles. The molecule has 3 fully saturated rings. The van der Waals surface area contributed by atoms with Gasteiger partial charge in [-0.25, -0.2) is 0 Å². The highest BCUT2D eigenvalue weighted by Crippen LogP contribution is 2.51. The number of Topliss-reactive ketones (excluding diaryl/α,β-unsaturated/α-hetero) is 2. The van der Waals surface area contributed by atoms with Gasteiger partial charge >= 0.3 is 6.18 Å². The number of ketones is 2. The molecule has 1 heterocycles. The van der Waals surface area contributed by atoms with Crippen molar-refractivity contribution >= 4 is 17.5 Å². The molecule has 0 bridgehead atoms. The van der Waals surface area contributed by atoms with Crippen molar-refractivity contribution in [2.45, 2.75) is 183 Å². The molecule has 0 radical (unpaired) electrons. The van der Waals surface area contributed by atoms with Gasteiger partial charge in [0, 0.05) is 43.9 Å². The molecule has 1 saturated heterocycles. The molecule has 4 N–H and O–H groups in total. The van der Waals surface area contributed by atoms with Crippen molar-refractivity contribution in [3.8, 4) is 0 Å². The van der Waals surface area contributed by atoms with E-state index in [1.807, 2.05) is 13.0 Å². The summed E-state index contributed by atoms with van der Waals surface area (Å²) in [7, 11) is 0. The van der Waals surface area contributed by atoms with Gasteiger partial charge in [0.25, 0.3) is 0 Å². The van der Waals surface area contributed by atoms with E-state index in [-0.39, 0.29) is 35.1 Å². The molecule has 0 aromatic heterocycles.